The summed E-state index contributed by atoms with van der Waals surface area (Å²) in [7, 11) is 1.31. The van der Waals surface area contributed by atoms with Crippen molar-refractivity contribution in [2.75, 3.05) is 13.7 Å². The summed E-state index contributed by atoms with van der Waals surface area (Å²) in [6.45, 7) is 5.49. The van der Waals surface area contributed by atoms with E-state index in [9.17, 15) is 9.59 Å². The standard InChI is InChI=1S/C15H22N2O4/c1-15(2,3)21-14(19)17-9-12(16)10-7-5-6-8-11(10)13(18)20-4/h5-8,12H,9,16H2,1-4H3,(H,17,19)/t12-/m0/s1. The molecule has 0 saturated carbocycles. The van der Waals surface area contributed by atoms with E-state index in [0.717, 1.165) is 0 Å². The van der Waals surface area contributed by atoms with Crippen LogP contribution >= 0.6 is 0 Å². The van der Waals surface area contributed by atoms with E-state index in [-0.39, 0.29) is 6.54 Å². The molecule has 0 radical (unpaired) electrons. The van der Waals surface area contributed by atoms with Gasteiger partial charge >= 0.3 is 12.1 Å². The Morgan fingerprint density at radius 3 is 2.48 bits per heavy atom. The van der Waals surface area contributed by atoms with Crippen LogP contribution in [0.4, 0.5) is 4.79 Å². The first-order valence-corrected chi connectivity index (χ1v) is 6.64. The molecule has 3 N–H and O–H groups in total. The minimum atomic E-state index is -0.571. The van der Waals surface area contributed by atoms with Crippen LogP contribution in [0.15, 0.2) is 24.3 Å². The van der Waals surface area contributed by atoms with E-state index in [1.807, 2.05) is 0 Å². The maximum atomic E-state index is 11.7. The van der Waals surface area contributed by atoms with Crippen LogP contribution in [0.25, 0.3) is 0 Å². The van der Waals surface area contributed by atoms with E-state index in [0.29, 0.717) is 11.1 Å². The molecule has 1 amide bonds. The van der Waals surface area contributed by atoms with Gasteiger partial charge < -0.3 is 20.5 Å². The van der Waals surface area contributed by atoms with Crippen LogP contribution < -0.4 is 11.1 Å². The summed E-state index contributed by atoms with van der Waals surface area (Å²) in [6.07, 6.45) is -0.548. The lowest BCUT2D eigenvalue weighted by atomic mass is 10.0. The number of hydrogen-bond acceptors (Lipinski definition) is 5. The molecule has 0 spiro atoms. The lowest BCUT2D eigenvalue weighted by Gasteiger charge is -2.21. The number of rotatable bonds is 4. The predicted molar refractivity (Wildman–Crippen MR) is 78.9 cm³/mol. The molecule has 1 aromatic carbocycles. The number of alkyl carbamates (subject to hydrolysis) is 1. The summed E-state index contributed by atoms with van der Waals surface area (Å²) in [5.74, 6) is -0.460. The Hall–Kier alpha value is -2.08. The van der Waals surface area contributed by atoms with Gasteiger partial charge in [0.15, 0.2) is 0 Å². The maximum absolute atomic E-state index is 11.7. The molecule has 0 aromatic heterocycles. The van der Waals surface area contributed by atoms with Crippen LogP contribution in [0.3, 0.4) is 0 Å². The average Bonchev–Trinajstić information content (AvgIpc) is 2.42. The summed E-state index contributed by atoms with van der Waals surface area (Å²) < 4.78 is 9.84. The topological polar surface area (TPSA) is 90.6 Å². The van der Waals surface area contributed by atoms with E-state index >= 15 is 0 Å². The van der Waals surface area contributed by atoms with E-state index in [1.165, 1.54) is 7.11 Å². The van der Waals surface area contributed by atoms with Crippen molar-refractivity contribution < 1.29 is 19.1 Å². The highest BCUT2D eigenvalue weighted by Crippen LogP contribution is 2.17. The van der Waals surface area contributed by atoms with E-state index in [4.69, 9.17) is 15.2 Å². The van der Waals surface area contributed by atoms with Crippen LogP contribution in [0, 0.1) is 0 Å². The molecule has 0 aliphatic carbocycles. The predicted octanol–water partition coefficient (Wildman–Crippen LogP) is 2.00. The molecule has 0 fully saturated rings. The van der Waals surface area contributed by atoms with Crippen molar-refractivity contribution in [1.82, 2.24) is 5.32 Å². The monoisotopic (exact) mass is 294 g/mol. The fraction of sp³-hybridized carbons (Fsp3) is 0.467. The highest BCUT2D eigenvalue weighted by molar-refractivity contribution is 5.91. The summed E-state index contributed by atoms with van der Waals surface area (Å²) >= 11 is 0. The highest BCUT2D eigenvalue weighted by atomic mass is 16.6. The Morgan fingerprint density at radius 2 is 1.90 bits per heavy atom. The van der Waals surface area contributed by atoms with Crippen molar-refractivity contribution in [3.63, 3.8) is 0 Å². The zero-order valence-corrected chi connectivity index (χ0v) is 12.8. The molecule has 0 bridgehead atoms. The highest BCUT2D eigenvalue weighted by Gasteiger charge is 2.19. The van der Waals surface area contributed by atoms with Gasteiger partial charge in [0.2, 0.25) is 0 Å². The van der Waals surface area contributed by atoms with E-state index in [2.05, 4.69) is 5.32 Å². The fourth-order valence-electron chi connectivity index (χ4n) is 1.73. The zero-order valence-electron chi connectivity index (χ0n) is 12.8. The lowest BCUT2D eigenvalue weighted by molar-refractivity contribution is 0.0524. The third-order valence-electron chi connectivity index (χ3n) is 2.63. The second kappa shape index (κ2) is 7.08. The fourth-order valence-corrected chi connectivity index (χ4v) is 1.73. The van der Waals surface area contributed by atoms with Crippen LogP contribution in [0.1, 0.15) is 42.7 Å². The van der Waals surface area contributed by atoms with E-state index in [1.54, 1.807) is 45.0 Å². The number of amides is 1. The maximum Gasteiger partial charge on any atom is 0.407 e. The Balaban J connectivity index is 2.70. The van der Waals surface area contributed by atoms with Crippen molar-refractivity contribution in [3.8, 4) is 0 Å². The number of methoxy groups -OCH3 is 1. The molecule has 6 heteroatoms. The van der Waals surface area contributed by atoms with Gasteiger partial charge in [-0.2, -0.15) is 0 Å². The van der Waals surface area contributed by atoms with Gasteiger partial charge in [-0.1, -0.05) is 18.2 Å². The molecule has 1 atom stereocenters. The molecule has 1 aromatic rings. The number of carbonyl (C=O) groups is 2. The SMILES string of the molecule is COC(=O)c1ccccc1[C@@H](N)CNC(=O)OC(C)(C)C. The number of benzene rings is 1. The molecule has 116 valence electrons. The molecule has 0 saturated heterocycles. The van der Waals surface area contributed by atoms with Crippen LogP contribution in [-0.4, -0.2) is 31.3 Å². The molecule has 1 rings (SSSR count). The van der Waals surface area contributed by atoms with Crippen molar-refractivity contribution >= 4 is 12.1 Å². The first-order chi connectivity index (χ1) is 9.74. The number of hydrogen-bond donors (Lipinski definition) is 2. The quantitative estimate of drug-likeness (QED) is 0.829. The molecule has 0 unspecified atom stereocenters. The van der Waals surface area contributed by atoms with Gasteiger partial charge in [0.05, 0.1) is 12.7 Å². The summed E-state index contributed by atoms with van der Waals surface area (Å²) in [5.41, 5.74) is 6.45. The van der Waals surface area contributed by atoms with Gasteiger partial charge in [-0.05, 0) is 32.4 Å². The van der Waals surface area contributed by atoms with Crippen molar-refractivity contribution in [1.29, 1.82) is 0 Å². The molecule has 0 aliphatic heterocycles. The molecule has 6 nitrogen and oxygen atoms in total. The van der Waals surface area contributed by atoms with Gasteiger partial charge in [-0.15, -0.1) is 0 Å². The number of carbonyl (C=O) groups excluding carboxylic acids is 2. The lowest BCUT2D eigenvalue weighted by Crippen LogP contribution is -2.37. The van der Waals surface area contributed by atoms with Gasteiger partial charge in [0.25, 0.3) is 0 Å². The first-order valence-electron chi connectivity index (χ1n) is 6.64. The summed E-state index contributed by atoms with van der Waals surface area (Å²) in [4.78, 5) is 23.3. The van der Waals surface area contributed by atoms with Crippen LogP contribution in [0.5, 0.6) is 0 Å². The Labute approximate surface area is 124 Å². The molecule has 21 heavy (non-hydrogen) atoms. The number of ether oxygens (including phenoxy) is 2. The Morgan fingerprint density at radius 1 is 1.29 bits per heavy atom. The smallest absolute Gasteiger partial charge is 0.407 e. The summed E-state index contributed by atoms with van der Waals surface area (Å²) in [6, 6.07) is 6.33. The Bertz CT molecular complexity index is 509. The van der Waals surface area contributed by atoms with Crippen LogP contribution in [0.2, 0.25) is 0 Å². The average molecular weight is 294 g/mol. The van der Waals surface area contributed by atoms with Crippen molar-refractivity contribution in [3.05, 3.63) is 35.4 Å². The second-order valence-corrected chi connectivity index (χ2v) is 5.57. The molecule has 0 aliphatic rings. The Kier molecular flexibility index (Phi) is 5.72. The van der Waals surface area contributed by atoms with Crippen molar-refractivity contribution in [2.45, 2.75) is 32.4 Å². The second-order valence-electron chi connectivity index (χ2n) is 5.57. The van der Waals surface area contributed by atoms with Crippen molar-refractivity contribution in [2.24, 2.45) is 5.73 Å². The van der Waals surface area contributed by atoms with Gasteiger partial charge in [-0.3, -0.25) is 0 Å². The normalized spacial score (nSPS) is 12.4. The zero-order chi connectivity index (χ0) is 16.0. The molecular formula is C15H22N2O4. The number of esters is 1. The minimum absolute atomic E-state index is 0.156. The van der Waals surface area contributed by atoms with Crippen LogP contribution in [-0.2, 0) is 9.47 Å². The van der Waals surface area contributed by atoms with Gasteiger partial charge in [0, 0.05) is 12.6 Å². The third kappa shape index (κ3) is 5.43. The minimum Gasteiger partial charge on any atom is -0.465 e. The molecule has 0 heterocycles. The number of nitrogens with two attached hydrogens (primary N) is 1. The first kappa shape index (κ1) is 17.0. The largest absolute Gasteiger partial charge is 0.465 e. The van der Waals surface area contributed by atoms with Gasteiger partial charge in [0.1, 0.15) is 5.60 Å². The third-order valence-corrected chi connectivity index (χ3v) is 2.63. The number of nitrogens with one attached hydrogen (secondary N) is 1. The van der Waals surface area contributed by atoms with E-state index < -0.39 is 23.7 Å². The summed E-state index contributed by atoms with van der Waals surface area (Å²) in [5, 5.41) is 2.58. The molecular weight excluding hydrogens is 272 g/mol. The van der Waals surface area contributed by atoms with Gasteiger partial charge in [-0.25, -0.2) is 9.59 Å².